The molecular formula is C13H13ClN4O. The van der Waals surface area contributed by atoms with Gasteiger partial charge < -0.3 is 9.88 Å². The van der Waals surface area contributed by atoms with Gasteiger partial charge in [-0.2, -0.15) is 5.26 Å². The Morgan fingerprint density at radius 2 is 2.37 bits per heavy atom. The summed E-state index contributed by atoms with van der Waals surface area (Å²) in [5.41, 5.74) is 2.02. The number of imidazole rings is 1. The Morgan fingerprint density at radius 1 is 1.58 bits per heavy atom. The smallest absolute Gasteiger partial charge is 0.239 e. The zero-order valence-electron chi connectivity index (χ0n) is 10.5. The summed E-state index contributed by atoms with van der Waals surface area (Å²) in [7, 11) is 0. The van der Waals surface area contributed by atoms with E-state index in [1.54, 1.807) is 22.8 Å². The van der Waals surface area contributed by atoms with E-state index >= 15 is 0 Å². The largest absolute Gasteiger partial charge is 0.355 e. The van der Waals surface area contributed by atoms with E-state index < -0.39 is 0 Å². The van der Waals surface area contributed by atoms with Crippen LogP contribution in [0.25, 0.3) is 11.0 Å². The van der Waals surface area contributed by atoms with Crippen LogP contribution >= 0.6 is 11.6 Å². The minimum absolute atomic E-state index is 0.101. The topological polar surface area (TPSA) is 70.7 Å². The number of carbonyl (C=O) groups is 1. The maximum absolute atomic E-state index is 11.7. The predicted octanol–water partition coefficient (Wildman–Crippen LogP) is 1.78. The summed E-state index contributed by atoms with van der Waals surface area (Å²) in [6.07, 6.45) is 0. The number of halogens is 1. The van der Waals surface area contributed by atoms with Gasteiger partial charge in [0.1, 0.15) is 12.4 Å². The highest BCUT2D eigenvalue weighted by atomic mass is 35.5. The summed E-state index contributed by atoms with van der Waals surface area (Å²) in [4.78, 5) is 16.1. The van der Waals surface area contributed by atoms with Gasteiger partial charge in [0.15, 0.2) is 0 Å². The van der Waals surface area contributed by atoms with Crippen molar-refractivity contribution in [2.45, 2.75) is 19.3 Å². The standard InChI is InChI=1S/C13H13ClN4O/c1-2-16-13(19)8-18-11-5-9(7-15)3-4-10(11)17-12(18)6-14/h3-5H,2,6,8H2,1H3,(H,16,19). The highest BCUT2D eigenvalue weighted by Gasteiger charge is 2.13. The van der Waals surface area contributed by atoms with E-state index in [0.29, 0.717) is 17.9 Å². The molecule has 19 heavy (non-hydrogen) atoms. The Morgan fingerprint density at radius 3 is 3.00 bits per heavy atom. The summed E-state index contributed by atoms with van der Waals surface area (Å²) >= 11 is 5.86. The van der Waals surface area contributed by atoms with Crippen molar-refractivity contribution < 1.29 is 4.79 Å². The number of benzene rings is 1. The summed E-state index contributed by atoms with van der Waals surface area (Å²) in [6.45, 7) is 2.59. The molecule has 0 saturated heterocycles. The first kappa shape index (κ1) is 13.4. The third-order valence-corrected chi connectivity index (χ3v) is 2.99. The number of hydrogen-bond donors (Lipinski definition) is 1. The monoisotopic (exact) mass is 276 g/mol. The van der Waals surface area contributed by atoms with Crippen molar-refractivity contribution in [3.8, 4) is 6.07 Å². The molecule has 1 aromatic carbocycles. The number of carbonyl (C=O) groups excluding carboxylic acids is 1. The summed E-state index contributed by atoms with van der Waals surface area (Å²) in [5, 5.41) is 11.7. The highest BCUT2D eigenvalue weighted by Crippen LogP contribution is 2.19. The quantitative estimate of drug-likeness (QED) is 0.866. The zero-order chi connectivity index (χ0) is 13.8. The second-order valence-electron chi connectivity index (χ2n) is 4.02. The molecule has 1 N–H and O–H groups in total. The van der Waals surface area contributed by atoms with Gasteiger partial charge in [-0.05, 0) is 25.1 Å². The minimum atomic E-state index is -0.101. The third-order valence-electron chi connectivity index (χ3n) is 2.75. The Kier molecular flexibility index (Phi) is 4.03. The fourth-order valence-electron chi connectivity index (χ4n) is 1.92. The Balaban J connectivity index is 2.49. The zero-order valence-corrected chi connectivity index (χ0v) is 11.2. The minimum Gasteiger partial charge on any atom is -0.355 e. The first-order valence-corrected chi connectivity index (χ1v) is 6.45. The van der Waals surface area contributed by atoms with Gasteiger partial charge >= 0.3 is 0 Å². The van der Waals surface area contributed by atoms with Crippen LogP contribution in [-0.2, 0) is 17.2 Å². The molecule has 0 fully saturated rings. The van der Waals surface area contributed by atoms with Crippen molar-refractivity contribution in [3.05, 3.63) is 29.6 Å². The van der Waals surface area contributed by atoms with Crippen molar-refractivity contribution >= 4 is 28.5 Å². The van der Waals surface area contributed by atoms with Crippen molar-refractivity contribution in [1.82, 2.24) is 14.9 Å². The molecule has 0 bridgehead atoms. The number of nitriles is 1. The molecule has 1 heterocycles. The van der Waals surface area contributed by atoms with Crippen LogP contribution in [0.3, 0.4) is 0 Å². The Bertz CT molecular complexity index is 656. The number of alkyl halides is 1. The van der Waals surface area contributed by atoms with Gasteiger partial charge in [-0.3, -0.25) is 4.79 Å². The molecule has 0 spiro atoms. The summed E-state index contributed by atoms with van der Waals surface area (Å²) in [6, 6.07) is 7.26. The van der Waals surface area contributed by atoms with E-state index in [2.05, 4.69) is 16.4 Å². The lowest BCUT2D eigenvalue weighted by Gasteiger charge is -2.07. The van der Waals surface area contributed by atoms with Crippen LogP contribution in [0.2, 0.25) is 0 Å². The second-order valence-corrected chi connectivity index (χ2v) is 4.28. The van der Waals surface area contributed by atoms with E-state index in [0.717, 1.165) is 11.0 Å². The predicted molar refractivity (Wildman–Crippen MR) is 72.7 cm³/mol. The van der Waals surface area contributed by atoms with Crippen LogP contribution < -0.4 is 5.32 Å². The van der Waals surface area contributed by atoms with E-state index in [4.69, 9.17) is 16.9 Å². The molecule has 2 aromatic rings. The van der Waals surface area contributed by atoms with Gasteiger partial charge in [0, 0.05) is 6.54 Å². The molecule has 0 atom stereocenters. The Labute approximate surface area is 115 Å². The van der Waals surface area contributed by atoms with Gasteiger partial charge in [0.05, 0.1) is 28.5 Å². The second kappa shape index (κ2) is 5.72. The van der Waals surface area contributed by atoms with E-state index in [-0.39, 0.29) is 18.3 Å². The molecule has 5 nitrogen and oxygen atoms in total. The summed E-state index contributed by atoms with van der Waals surface area (Å²) < 4.78 is 1.74. The Hall–Kier alpha value is -2.06. The van der Waals surface area contributed by atoms with Gasteiger partial charge in [-0.1, -0.05) is 0 Å². The maximum Gasteiger partial charge on any atom is 0.239 e. The number of amides is 1. The molecule has 0 aliphatic heterocycles. The van der Waals surface area contributed by atoms with Crippen LogP contribution in [-0.4, -0.2) is 22.0 Å². The fraction of sp³-hybridized carbons (Fsp3) is 0.308. The third kappa shape index (κ3) is 2.69. The summed E-state index contributed by atoms with van der Waals surface area (Å²) in [5.74, 6) is 0.740. The van der Waals surface area contributed by atoms with Crippen molar-refractivity contribution in [1.29, 1.82) is 5.26 Å². The molecule has 2 rings (SSSR count). The highest BCUT2D eigenvalue weighted by molar-refractivity contribution is 6.16. The SMILES string of the molecule is CCNC(=O)Cn1c(CCl)nc2ccc(C#N)cc21. The first-order valence-electron chi connectivity index (χ1n) is 5.91. The lowest BCUT2D eigenvalue weighted by atomic mass is 10.2. The van der Waals surface area contributed by atoms with E-state index in [1.807, 2.05) is 6.92 Å². The number of likely N-dealkylation sites (N-methyl/N-ethyl adjacent to an activating group) is 1. The first-order chi connectivity index (χ1) is 9.19. The molecule has 0 aliphatic rings. The average Bonchev–Trinajstić information content (AvgIpc) is 2.76. The van der Waals surface area contributed by atoms with Crippen molar-refractivity contribution in [2.75, 3.05) is 6.54 Å². The fourth-order valence-corrected chi connectivity index (χ4v) is 2.12. The number of nitrogens with one attached hydrogen (secondary N) is 1. The molecule has 0 unspecified atom stereocenters. The molecule has 6 heteroatoms. The molecule has 1 aromatic heterocycles. The van der Waals surface area contributed by atoms with Crippen LogP contribution in [0.15, 0.2) is 18.2 Å². The molecule has 0 radical (unpaired) electrons. The van der Waals surface area contributed by atoms with Crippen molar-refractivity contribution in [2.24, 2.45) is 0 Å². The number of aromatic nitrogens is 2. The number of rotatable bonds is 4. The van der Waals surface area contributed by atoms with Gasteiger partial charge in [-0.25, -0.2) is 4.98 Å². The molecule has 98 valence electrons. The molecule has 0 saturated carbocycles. The van der Waals surface area contributed by atoms with Gasteiger partial charge in [-0.15, -0.1) is 11.6 Å². The number of nitrogens with zero attached hydrogens (tertiary/aromatic N) is 3. The van der Waals surface area contributed by atoms with E-state index in [1.165, 1.54) is 0 Å². The molecule has 0 aliphatic carbocycles. The number of fused-ring (bicyclic) bond motifs is 1. The lowest BCUT2D eigenvalue weighted by Crippen LogP contribution is -2.27. The van der Waals surface area contributed by atoms with Gasteiger partial charge in [0.2, 0.25) is 5.91 Å². The lowest BCUT2D eigenvalue weighted by molar-refractivity contribution is -0.121. The van der Waals surface area contributed by atoms with Crippen LogP contribution in [0.5, 0.6) is 0 Å². The van der Waals surface area contributed by atoms with Crippen LogP contribution in [0.4, 0.5) is 0 Å². The normalized spacial score (nSPS) is 10.4. The molecule has 1 amide bonds. The van der Waals surface area contributed by atoms with Gasteiger partial charge in [0.25, 0.3) is 0 Å². The van der Waals surface area contributed by atoms with Crippen LogP contribution in [0, 0.1) is 11.3 Å². The maximum atomic E-state index is 11.7. The average molecular weight is 277 g/mol. The number of hydrogen-bond acceptors (Lipinski definition) is 3. The molecular weight excluding hydrogens is 264 g/mol. The van der Waals surface area contributed by atoms with Crippen LogP contribution in [0.1, 0.15) is 18.3 Å². The van der Waals surface area contributed by atoms with E-state index in [9.17, 15) is 4.79 Å². The van der Waals surface area contributed by atoms with Crippen molar-refractivity contribution in [3.63, 3.8) is 0 Å².